The number of ether oxygens (including phenoxy) is 6. The molecule has 3 aliphatic heterocycles. The Morgan fingerprint density at radius 3 is 2.08 bits per heavy atom. The molecule has 0 spiro atoms. The molecule has 2 saturated carbocycles. The first-order valence-electron chi connectivity index (χ1n) is 16.8. The molecule has 0 aromatic rings. The number of aliphatic hydroxyl groups is 11. The fourth-order valence-electron chi connectivity index (χ4n) is 8.00. The molecule has 2 aliphatic carbocycles. The minimum absolute atomic E-state index is 0.115. The third-order valence-electron chi connectivity index (χ3n) is 11.5. The van der Waals surface area contributed by atoms with Crippen molar-refractivity contribution < 1.29 is 84.6 Å². The Morgan fingerprint density at radius 2 is 1.47 bits per heavy atom. The molecule has 3 heterocycles. The van der Waals surface area contributed by atoms with Crippen LogP contribution in [0.2, 0.25) is 0 Å². The molecule has 0 radical (unpaired) electrons. The van der Waals surface area contributed by atoms with Crippen molar-refractivity contribution in [2.45, 2.75) is 144 Å². The van der Waals surface area contributed by atoms with E-state index in [1.54, 1.807) is 0 Å². The normalized spacial score (nSPS) is 51.1. The van der Waals surface area contributed by atoms with Gasteiger partial charge in [-0.2, -0.15) is 0 Å². The molecule has 17 heteroatoms. The predicted octanol–water partition coefficient (Wildman–Crippen LogP) is -4.03. The van der Waals surface area contributed by atoms with Gasteiger partial charge in [-0.15, -0.1) is 0 Å². The van der Waals surface area contributed by atoms with E-state index in [1.165, 1.54) is 0 Å². The first kappa shape index (κ1) is 39.3. The standard InChI is InChI=1S/C32H54O17/c1-13-15-7-14(30(2,3)49-28-25(41)22(38)20(36)17(9-33)47-28)5-6-31(15,4)8-16(19(13)35)46-27-24(40)23(39)21(37)18(48-27)10-44-29-26(42)32(43,11-34)12-45-29/h14-29,33-43H,1,5-12H2,2-4H3/t14-,15-,16+,17+,18+,19+,20+,21+,22-,23-,24+,25+,26-,27+,28-,29+,31+,32+/m1/s1. The van der Waals surface area contributed by atoms with Crippen molar-refractivity contribution in [3.05, 3.63) is 12.2 Å². The lowest BCUT2D eigenvalue weighted by atomic mass is 9.54. The second-order valence-electron chi connectivity index (χ2n) is 15.2. The highest BCUT2D eigenvalue weighted by Crippen LogP contribution is 2.56. The lowest BCUT2D eigenvalue weighted by Gasteiger charge is -2.55. The smallest absolute Gasteiger partial charge is 0.187 e. The highest BCUT2D eigenvalue weighted by Gasteiger charge is 2.55. The van der Waals surface area contributed by atoms with Gasteiger partial charge in [-0.25, -0.2) is 0 Å². The van der Waals surface area contributed by atoms with Gasteiger partial charge in [0.05, 0.1) is 38.1 Å². The maximum Gasteiger partial charge on any atom is 0.187 e. The van der Waals surface area contributed by atoms with Crippen molar-refractivity contribution in [2.24, 2.45) is 17.3 Å². The molecule has 49 heavy (non-hydrogen) atoms. The molecule has 5 fully saturated rings. The summed E-state index contributed by atoms with van der Waals surface area (Å²) in [6.07, 6.45) is -17.8. The maximum atomic E-state index is 11.4. The molecule has 3 saturated heterocycles. The summed E-state index contributed by atoms with van der Waals surface area (Å²) in [4.78, 5) is 0. The monoisotopic (exact) mass is 710 g/mol. The van der Waals surface area contributed by atoms with Crippen LogP contribution in [-0.4, -0.2) is 180 Å². The lowest BCUT2D eigenvalue weighted by Crippen LogP contribution is -2.62. The minimum atomic E-state index is -1.93. The molecule has 0 bridgehead atoms. The van der Waals surface area contributed by atoms with Gasteiger partial charge in [-0.1, -0.05) is 13.5 Å². The Bertz CT molecular complexity index is 1140. The van der Waals surface area contributed by atoms with Crippen molar-refractivity contribution in [3.63, 3.8) is 0 Å². The van der Waals surface area contributed by atoms with Crippen LogP contribution in [0.4, 0.5) is 0 Å². The van der Waals surface area contributed by atoms with E-state index >= 15 is 0 Å². The van der Waals surface area contributed by atoms with Gasteiger partial charge >= 0.3 is 0 Å². The Kier molecular flexibility index (Phi) is 11.9. The lowest BCUT2D eigenvalue weighted by molar-refractivity contribution is -0.332. The number of aliphatic hydroxyl groups excluding tert-OH is 10. The summed E-state index contributed by atoms with van der Waals surface area (Å²) in [6, 6.07) is 0. The van der Waals surface area contributed by atoms with Crippen LogP contribution in [0.5, 0.6) is 0 Å². The van der Waals surface area contributed by atoms with Crippen molar-refractivity contribution in [3.8, 4) is 0 Å². The van der Waals surface area contributed by atoms with Crippen LogP contribution in [-0.2, 0) is 28.4 Å². The zero-order valence-corrected chi connectivity index (χ0v) is 28.0. The Morgan fingerprint density at radius 1 is 0.857 bits per heavy atom. The van der Waals surface area contributed by atoms with Gasteiger partial charge in [-0.05, 0) is 62.4 Å². The average Bonchev–Trinajstić information content (AvgIpc) is 3.35. The molecule has 0 amide bonds. The molecular formula is C32H54O17. The van der Waals surface area contributed by atoms with Gasteiger partial charge < -0.3 is 84.6 Å². The number of fused-ring (bicyclic) bond motifs is 1. The van der Waals surface area contributed by atoms with Crippen LogP contribution in [0.3, 0.4) is 0 Å². The van der Waals surface area contributed by atoms with Crippen LogP contribution in [0.15, 0.2) is 12.2 Å². The van der Waals surface area contributed by atoms with Crippen LogP contribution in [0.1, 0.15) is 46.5 Å². The van der Waals surface area contributed by atoms with E-state index in [0.29, 0.717) is 31.3 Å². The summed E-state index contributed by atoms with van der Waals surface area (Å²) in [6.45, 7) is 7.68. The maximum absolute atomic E-state index is 11.4. The Labute approximate surface area is 284 Å². The topological polar surface area (TPSA) is 278 Å². The molecule has 18 atom stereocenters. The number of rotatable bonds is 10. The molecule has 0 unspecified atom stereocenters. The molecule has 5 aliphatic rings. The van der Waals surface area contributed by atoms with Gasteiger partial charge in [0.25, 0.3) is 0 Å². The van der Waals surface area contributed by atoms with Crippen LogP contribution in [0, 0.1) is 17.3 Å². The summed E-state index contributed by atoms with van der Waals surface area (Å²) in [5, 5.41) is 114. The third kappa shape index (κ3) is 7.48. The Hall–Kier alpha value is -0.940. The van der Waals surface area contributed by atoms with Gasteiger partial charge in [0.15, 0.2) is 18.9 Å². The van der Waals surface area contributed by atoms with Gasteiger partial charge in [0.1, 0.15) is 66.6 Å². The quantitative estimate of drug-likeness (QED) is 0.0761. The fraction of sp³-hybridized carbons (Fsp3) is 0.938. The summed E-state index contributed by atoms with van der Waals surface area (Å²) in [7, 11) is 0. The van der Waals surface area contributed by atoms with Crippen LogP contribution < -0.4 is 0 Å². The second kappa shape index (κ2) is 14.8. The van der Waals surface area contributed by atoms with Gasteiger partial charge in [-0.3, -0.25) is 0 Å². The van der Waals surface area contributed by atoms with Crippen LogP contribution in [0.25, 0.3) is 0 Å². The second-order valence-corrected chi connectivity index (χ2v) is 15.2. The van der Waals surface area contributed by atoms with E-state index in [-0.39, 0.29) is 11.8 Å². The van der Waals surface area contributed by atoms with Crippen molar-refractivity contribution in [2.75, 3.05) is 26.4 Å². The van der Waals surface area contributed by atoms with E-state index in [4.69, 9.17) is 28.4 Å². The molecule has 0 aromatic heterocycles. The molecule has 0 aromatic carbocycles. The van der Waals surface area contributed by atoms with Crippen molar-refractivity contribution >= 4 is 0 Å². The van der Waals surface area contributed by atoms with Crippen molar-refractivity contribution in [1.29, 1.82) is 0 Å². The van der Waals surface area contributed by atoms with E-state index in [9.17, 15) is 56.2 Å². The van der Waals surface area contributed by atoms with Crippen molar-refractivity contribution in [1.82, 2.24) is 0 Å². The minimum Gasteiger partial charge on any atom is -0.394 e. The molecule has 17 nitrogen and oxygen atoms in total. The zero-order valence-electron chi connectivity index (χ0n) is 28.0. The molecule has 284 valence electrons. The highest BCUT2D eigenvalue weighted by atomic mass is 16.7. The third-order valence-corrected chi connectivity index (χ3v) is 11.5. The first-order chi connectivity index (χ1) is 22.9. The zero-order chi connectivity index (χ0) is 36.2. The first-order valence-corrected chi connectivity index (χ1v) is 16.8. The van der Waals surface area contributed by atoms with Gasteiger partial charge in [0, 0.05) is 0 Å². The molecule has 11 N–H and O–H groups in total. The Balaban J connectivity index is 1.21. The summed E-state index contributed by atoms with van der Waals surface area (Å²) in [5.74, 6) is -0.309. The number of hydrogen-bond acceptors (Lipinski definition) is 17. The van der Waals surface area contributed by atoms with Crippen LogP contribution >= 0.6 is 0 Å². The van der Waals surface area contributed by atoms with E-state index < -0.39 is 129 Å². The van der Waals surface area contributed by atoms with E-state index in [0.717, 1.165) is 0 Å². The van der Waals surface area contributed by atoms with Gasteiger partial charge in [0.2, 0.25) is 0 Å². The largest absolute Gasteiger partial charge is 0.394 e. The van der Waals surface area contributed by atoms with E-state index in [2.05, 4.69) is 6.58 Å². The molecular weight excluding hydrogens is 656 g/mol. The predicted molar refractivity (Wildman–Crippen MR) is 163 cm³/mol. The summed E-state index contributed by atoms with van der Waals surface area (Å²) < 4.78 is 34.3. The average molecular weight is 711 g/mol. The molecule has 5 rings (SSSR count). The summed E-state index contributed by atoms with van der Waals surface area (Å²) in [5.41, 5.74) is -2.77. The summed E-state index contributed by atoms with van der Waals surface area (Å²) >= 11 is 0. The van der Waals surface area contributed by atoms with E-state index in [1.807, 2.05) is 20.8 Å². The fourth-order valence-corrected chi connectivity index (χ4v) is 8.00. The SMILES string of the molecule is C=C1[C@H]2C[C@H](C(C)(C)O[C@H]3O[C@@H](CO)[C@H](O)[C@@H](O)[C@@H]3O)CC[C@@]2(C)C[C@H](O[C@H]2O[C@@H](CO[C@H]3OC[C@@](O)(CO)[C@@H]3O)[C@H](O)[C@@H](O)[C@@H]2O)[C@H]1O. The highest BCUT2D eigenvalue weighted by molar-refractivity contribution is 5.20. The number of hydrogen-bond donors (Lipinski definition) is 11.